The molecule has 0 aromatic rings. The minimum absolute atomic E-state index is 0.0183. The van der Waals surface area contributed by atoms with Crippen molar-refractivity contribution in [3.63, 3.8) is 0 Å². The van der Waals surface area contributed by atoms with E-state index in [1.165, 1.54) is 4.31 Å². The Bertz CT molecular complexity index is 318. The molecule has 0 unspecified atom stereocenters. The van der Waals surface area contributed by atoms with Crippen LogP contribution in [0.4, 0.5) is 0 Å². The SMILES string of the molecule is NC(N)=NCCS(=O)(=O)N1CCSCC1. The third-order valence-corrected chi connectivity index (χ3v) is 4.80. The van der Waals surface area contributed by atoms with Crippen molar-refractivity contribution in [1.82, 2.24) is 4.31 Å². The zero-order chi connectivity index (χ0) is 11.3. The second-order valence-corrected chi connectivity index (χ2v) is 6.45. The molecule has 1 heterocycles. The van der Waals surface area contributed by atoms with Gasteiger partial charge in [-0.15, -0.1) is 0 Å². The number of hydrogen-bond donors (Lipinski definition) is 2. The van der Waals surface area contributed by atoms with Crippen molar-refractivity contribution in [3.8, 4) is 0 Å². The van der Waals surface area contributed by atoms with E-state index in [4.69, 9.17) is 11.5 Å². The molecule has 1 aliphatic rings. The monoisotopic (exact) mass is 252 g/mol. The molecule has 0 spiro atoms. The van der Waals surface area contributed by atoms with Gasteiger partial charge in [-0.25, -0.2) is 12.7 Å². The Morgan fingerprint density at radius 3 is 2.47 bits per heavy atom. The quantitative estimate of drug-likeness (QED) is 0.475. The summed E-state index contributed by atoms with van der Waals surface area (Å²) in [4.78, 5) is 3.67. The van der Waals surface area contributed by atoms with Crippen LogP contribution in [0.15, 0.2) is 4.99 Å². The van der Waals surface area contributed by atoms with Crippen molar-refractivity contribution in [2.75, 3.05) is 36.9 Å². The van der Waals surface area contributed by atoms with Gasteiger partial charge in [0.1, 0.15) is 0 Å². The predicted octanol–water partition coefficient (Wildman–Crippen LogP) is -1.36. The first-order chi connectivity index (χ1) is 7.02. The summed E-state index contributed by atoms with van der Waals surface area (Å²) in [6.45, 7) is 1.32. The second-order valence-electron chi connectivity index (χ2n) is 3.13. The van der Waals surface area contributed by atoms with Crippen LogP contribution >= 0.6 is 11.8 Å². The Balaban J connectivity index is 2.47. The van der Waals surface area contributed by atoms with E-state index in [0.717, 1.165) is 11.5 Å². The summed E-state index contributed by atoms with van der Waals surface area (Å²) in [7, 11) is -3.18. The van der Waals surface area contributed by atoms with Crippen LogP contribution < -0.4 is 11.5 Å². The molecule has 1 aliphatic heterocycles. The average molecular weight is 252 g/mol. The molecule has 8 heteroatoms. The maximum Gasteiger partial charge on any atom is 0.215 e. The lowest BCUT2D eigenvalue weighted by atomic mass is 10.6. The lowest BCUT2D eigenvalue weighted by Crippen LogP contribution is -2.40. The van der Waals surface area contributed by atoms with Gasteiger partial charge in [0, 0.05) is 24.6 Å². The summed E-state index contributed by atoms with van der Waals surface area (Å²) in [6, 6.07) is 0. The maximum atomic E-state index is 11.7. The van der Waals surface area contributed by atoms with E-state index < -0.39 is 10.0 Å². The van der Waals surface area contributed by atoms with Crippen molar-refractivity contribution >= 4 is 27.7 Å². The van der Waals surface area contributed by atoms with Gasteiger partial charge in [-0.1, -0.05) is 0 Å². The molecule has 0 aliphatic carbocycles. The van der Waals surface area contributed by atoms with Crippen molar-refractivity contribution in [2.24, 2.45) is 16.5 Å². The number of aliphatic imine (C=N–C) groups is 1. The molecule has 0 saturated carbocycles. The second kappa shape index (κ2) is 5.57. The molecule has 0 atom stereocenters. The van der Waals surface area contributed by atoms with E-state index in [-0.39, 0.29) is 18.3 Å². The van der Waals surface area contributed by atoms with Crippen molar-refractivity contribution in [2.45, 2.75) is 0 Å². The van der Waals surface area contributed by atoms with Crippen molar-refractivity contribution < 1.29 is 8.42 Å². The highest BCUT2D eigenvalue weighted by atomic mass is 32.2. The minimum atomic E-state index is -3.18. The Morgan fingerprint density at radius 2 is 1.93 bits per heavy atom. The molecule has 0 bridgehead atoms. The van der Waals surface area contributed by atoms with Gasteiger partial charge < -0.3 is 11.5 Å². The summed E-state index contributed by atoms with van der Waals surface area (Å²) in [6.07, 6.45) is 0. The van der Waals surface area contributed by atoms with Crippen LogP contribution in [0.3, 0.4) is 0 Å². The fourth-order valence-electron chi connectivity index (χ4n) is 1.24. The molecule has 88 valence electrons. The first-order valence-electron chi connectivity index (χ1n) is 4.63. The number of nitrogens with two attached hydrogens (primary N) is 2. The first-order valence-corrected chi connectivity index (χ1v) is 7.40. The standard InChI is InChI=1S/C7H16N4O2S2/c8-7(9)10-1-6-15(12,13)11-2-4-14-5-3-11/h1-6H2,(H4,8,9,10). The number of hydrogen-bond acceptors (Lipinski definition) is 4. The fourth-order valence-corrected chi connectivity index (χ4v) is 3.70. The highest BCUT2D eigenvalue weighted by Crippen LogP contribution is 2.13. The summed E-state index contributed by atoms with van der Waals surface area (Å²) in [5.74, 6) is 1.64. The molecule has 1 saturated heterocycles. The molecule has 0 aromatic heterocycles. The smallest absolute Gasteiger partial charge is 0.215 e. The third-order valence-electron chi connectivity index (χ3n) is 2.01. The third kappa shape index (κ3) is 4.27. The highest BCUT2D eigenvalue weighted by molar-refractivity contribution is 7.99. The molecule has 1 fully saturated rings. The van der Waals surface area contributed by atoms with E-state index in [0.29, 0.717) is 13.1 Å². The van der Waals surface area contributed by atoms with Crippen LogP contribution in [0.5, 0.6) is 0 Å². The maximum absolute atomic E-state index is 11.7. The van der Waals surface area contributed by atoms with Crippen LogP contribution in [0.2, 0.25) is 0 Å². The largest absolute Gasteiger partial charge is 0.370 e. The summed E-state index contributed by atoms with van der Waals surface area (Å²) < 4.78 is 25.0. The average Bonchev–Trinajstić information content (AvgIpc) is 2.18. The van der Waals surface area contributed by atoms with Gasteiger partial charge in [-0.2, -0.15) is 11.8 Å². The van der Waals surface area contributed by atoms with Crippen molar-refractivity contribution in [3.05, 3.63) is 0 Å². The highest BCUT2D eigenvalue weighted by Gasteiger charge is 2.23. The molecule has 0 aromatic carbocycles. The predicted molar refractivity (Wildman–Crippen MR) is 63.4 cm³/mol. The Labute approximate surface area is 94.1 Å². The lowest BCUT2D eigenvalue weighted by Gasteiger charge is -2.25. The van der Waals surface area contributed by atoms with Crippen molar-refractivity contribution in [1.29, 1.82) is 0 Å². The van der Waals surface area contributed by atoms with E-state index in [1.807, 2.05) is 0 Å². The lowest BCUT2D eigenvalue weighted by molar-refractivity contribution is 0.444. The van der Waals surface area contributed by atoms with E-state index in [2.05, 4.69) is 4.99 Å². The van der Waals surface area contributed by atoms with Gasteiger partial charge in [0.2, 0.25) is 10.0 Å². The minimum Gasteiger partial charge on any atom is -0.370 e. The van der Waals surface area contributed by atoms with Crippen LogP contribution in [-0.2, 0) is 10.0 Å². The number of guanidine groups is 1. The van der Waals surface area contributed by atoms with Crippen LogP contribution in [0.25, 0.3) is 0 Å². The Morgan fingerprint density at radius 1 is 1.33 bits per heavy atom. The van der Waals surface area contributed by atoms with E-state index in [9.17, 15) is 8.42 Å². The van der Waals surface area contributed by atoms with Gasteiger partial charge in [-0.05, 0) is 0 Å². The van der Waals surface area contributed by atoms with Crippen LogP contribution in [0, 0.1) is 0 Å². The zero-order valence-corrected chi connectivity index (χ0v) is 10.1. The number of sulfonamides is 1. The molecule has 15 heavy (non-hydrogen) atoms. The normalized spacial score (nSPS) is 18.7. The molecular weight excluding hydrogens is 236 g/mol. The number of rotatable bonds is 4. The first kappa shape index (κ1) is 12.6. The summed E-state index contributed by atoms with van der Waals surface area (Å²) >= 11 is 1.77. The summed E-state index contributed by atoms with van der Waals surface area (Å²) in [5.41, 5.74) is 10.2. The molecule has 4 N–H and O–H groups in total. The molecule has 1 rings (SSSR count). The molecular formula is C7H16N4O2S2. The Kier molecular flexibility index (Phi) is 4.68. The van der Waals surface area contributed by atoms with Gasteiger partial charge in [-0.3, -0.25) is 4.99 Å². The van der Waals surface area contributed by atoms with Gasteiger partial charge >= 0.3 is 0 Å². The Hall–Kier alpha value is -0.470. The number of thioether (sulfide) groups is 1. The van der Waals surface area contributed by atoms with Crippen LogP contribution in [-0.4, -0.2) is 55.6 Å². The number of nitrogens with zero attached hydrogens (tertiary/aromatic N) is 2. The molecule has 0 radical (unpaired) electrons. The topological polar surface area (TPSA) is 102 Å². The van der Waals surface area contributed by atoms with E-state index in [1.54, 1.807) is 11.8 Å². The summed E-state index contributed by atoms with van der Waals surface area (Å²) in [5, 5.41) is 0. The van der Waals surface area contributed by atoms with E-state index >= 15 is 0 Å². The molecule has 0 amide bonds. The van der Waals surface area contributed by atoms with Gasteiger partial charge in [0.25, 0.3) is 0 Å². The van der Waals surface area contributed by atoms with Gasteiger partial charge in [0.05, 0.1) is 12.3 Å². The fraction of sp³-hybridized carbons (Fsp3) is 0.857. The zero-order valence-electron chi connectivity index (χ0n) is 8.42. The van der Waals surface area contributed by atoms with Crippen LogP contribution in [0.1, 0.15) is 0 Å². The molecule has 6 nitrogen and oxygen atoms in total. The van der Waals surface area contributed by atoms with Gasteiger partial charge in [0.15, 0.2) is 5.96 Å².